The van der Waals surface area contributed by atoms with Crippen LogP contribution in [0.15, 0.2) is 11.1 Å². The van der Waals surface area contributed by atoms with Crippen LogP contribution in [-0.2, 0) is 0 Å². The maximum absolute atomic E-state index is 3.87. The van der Waals surface area contributed by atoms with E-state index in [4.69, 9.17) is 0 Å². The summed E-state index contributed by atoms with van der Waals surface area (Å²) in [5, 5.41) is 3.37. The minimum Gasteiger partial charge on any atom is -0.317 e. The van der Waals surface area contributed by atoms with Crippen molar-refractivity contribution in [3.8, 4) is 0 Å². The molecule has 1 heterocycles. The lowest BCUT2D eigenvalue weighted by Gasteiger charge is -2.36. The maximum atomic E-state index is 3.87. The highest BCUT2D eigenvalue weighted by molar-refractivity contribution is 9.11. The second kappa shape index (κ2) is 5.13. The molecule has 0 aliphatic carbocycles. The SMILES string of the molecule is C=C(Br)CN1CCC(NC)C(C)C1. The van der Waals surface area contributed by atoms with Crippen LogP contribution in [-0.4, -0.2) is 37.6 Å². The third kappa shape index (κ3) is 3.41. The van der Waals surface area contributed by atoms with E-state index in [1.165, 1.54) is 19.5 Å². The Morgan fingerprint density at radius 3 is 2.85 bits per heavy atom. The first-order valence-electron chi connectivity index (χ1n) is 4.86. The molecule has 1 fully saturated rings. The van der Waals surface area contributed by atoms with Crippen LogP contribution in [0.3, 0.4) is 0 Å². The minimum absolute atomic E-state index is 0.694. The minimum atomic E-state index is 0.694. The van der Waals surface area contributed by atoms with Crippen molar-refractivity contribution >= 4 is 15.9 Å². The first-order chi connectivity index (χ1) is 6.13. The average molecular weight is 247 g/mol. The average Bonchev–Trinajstić information content (AvgIpc) is 2.03. The van der Waals surface area contributed by atoms with Gasteiger partial charge in [0.15, 0.2) is 0 Å². The summed E-state index contributed by atoms with van der Waals surface area (Å²) in [5.41, 5.74) is 0. The number of halogens is 1. The highest BCUT2D eigenvalue weighted by Gasteiger charge is 2.24. The van der Waals surface area contributed by atoms with Crippen LogP contribution >= 0.6 is 15.9 Å². The number of nitrogens with one attached hydrogen (secondary N) is 1. The summed E-state index contributed by atoms with van der Waals surface area (Å²) in [7, 11) is 2.06. The highest BCUT2D eigenvalue weighted by atomic mass is 79.9. The maximum Gasteiger partial charge on any atom is 0.0294 e. The van der Waals surface area contributed by atoms with E-state index in [0.29, 0.717) is 6.04 Å². The van der Waals surface area contributed by atoms with Crippen molar-refractivity contribution in [1.29, 1.82) is 0 Å². The van der Waals surface area contributed by atoms with Gasteiger partial charge >= 0.3 is 0 Å². The van der Waals surface area contributed by atoms with Gasteiger partial charge in [-0.15, -0.1) is 0 Å². The summed E-state index contributed by atoms with van der Waals surface area (Å²) in [4.78, 5) is 2.45. The van der Waals surface area contributed by atoms with E-state index in [-0.39, 0.29) is 0 Å². The normalized spacial score (nSPS) is 30.4. The van der Waals surface area contributed by atoms with Crippen molar-refractivity contribution in [2.24, 2.45) is 5.92 Å². The van der Waals surface area contributed by atoms with Crippen molar-refractivity contribution in [1.82, 2.24) is 10.2 Å². The summed E-state index contributed by atoms with van der Waals surface area (Å²) in [6, 6.07) is 0.694. The lowest BCUT2D eigenvalue weighted by molar-refractivity contribution is 0.164. The van der Waals surface area contributed by atoms with Crippen LogP contribution in [0.2, 0.25) is 0 Å². The Bertz CT molecular complexity index is 182. The molecule has 0 saturated carbocycles. The third-order valence-electron chi connectivity index (χ3n) is 2.76. The Hall–Kier alpha value is 0.140. The van der Waals surface area contributed by atoms with Crippen LogP contribution in [0.4, 0.5) is 0 Å². The Morgan fingerprint density at radius 1 is 1.69 bits per heavy atom. The second-order valence-corrected chi connectivity index (χ2v) is 5.03. The van der Waals surface area contributed by atoms with Gasteiger partial charge in [0.25, 0.3) is 0 Å². The molecule has 0 spiro atoms. The molecule has 0 aromatic heterocycles. The van der Waals surface area contributed by atoms with E-state index >= 15 is 0 Å². The number of rotatable bonds is 3. The van der Waals surface area contributed by atoms with E-state index in [2.05, 4.69) is 46.7 Å². The van der Waals surface area contributed by atoms with Crippen molar-refractivity contribution in [2.45, 2.75) is 19.4 Å². The molecular weight excluding hydrogens is 228 g/mol. The highest BCUT2D eigenvalue weighted by Crippen LogP contribution is 2.18. The number of hydrogen-bond acceptors (Lipinski definition) is 2. The fourth-order valence-electron chi connectivity index (χ4n) is 2.05. The molecule has 0 radical (unpaired) electrons. The predicted octanol–water partition coefficient (Wildman–Crippen LogP) is 1.82. The molecule has 1 aliphatic heterocycles. The van der Waals surface area contributed by atoms with Gasteiger partial charge in [0, 0.05) is 30.2 Å². The molecule has 13 heavy (non-hydrogen) atoms. The predicted molar refractivity (Wildman–Crippen MR) is 61.1 cm³/mol. The number of piperidine rings is 1. The number of nitrogens with zero attached hydrogens (tertiary/aromatic N) is 1. The summed E-state index contributed by atoms with van der Waals surface area (Å²) in [6.07, 6.45) is 1.25. The van der Waals surface area contributed by atoms with Gasteiger partial charge < -0.3 is 5.32 Å². The lowest BCUT2D eigenvalue weighted by atomic mass is 9.94. The van der Waals surface area contributed by atoms with Gasteiger partial charge in [-0.3, -0.25) is 4.90 Å². The van der Waals surface area contributed by atoms with Crippen LogP contribution in [0.5, 0.6) is 0 Å². The van der Waals surface area contributed by atoms with Gasteiger partial charge in [-0.05, 0) is 19.4 Å². The molecule has 2 nitrogen and oxygen atoms in total. The molecule has 1 N–H and O–H groups in total. The monoisotopic (exact) mass is 246 g/mol. The molecule has 1 aliphatic rings. The molecule has 0 aromatic carbocycles. The molecule has 0 aromatic rings. The molecule has 1 rings (SSSR count). The van der Waals surface area contributed by atoms with Gasteiger partial charge in [-0.1, -0.05) is 29.4 Å². The first kappa shape index (κ1) is 11.2. The molecule has 2 atom stereocenters. The standard InChI is InChI=1S/C10H19BrN2/c1-8-6-13(7-9(2)11)5-4-10(8)12-3/h8,10,12H,2,4-7H2,1,3H3. The van der Waals surface area contributed by atoms with E-state index in [1.54, 1.807) is 0 Å². The Morgan fingerprint density at radius 2 is 2.38 bits per heavy atom. The van der Waals surface area contributed by atoms with Crippen molar-refractivity contribution in [3.63, 3.8) is 0 Å². The van der Waals surface area contributed by atoms with Crippen molar-refractivity contribution in [3.05, 3.63) is 11.1 Å². The Balaban J connectivity index is 2.36. The Labute approximate surface area is 89.5 Å². The largest absolute Gasteiger partial charge is 0.317 e. The van der Waals surface area contributed by atoms with Gasteiger partial charge in [0.05, 0.1) is 0 Å². The second-order valence-electron chi connectivity index (χ2n) is 3.91. The Kier molecular flexibility index (Phi) is 4.42. The third-order valence-corrected chi connectivity index (χ3v) is 3.01. The smallest absolute Gasteiger partial charge is 0.0294 e. The molecule has 0 bridgehead atoms. The van der Waals surface area contributed by atoms with Gasteiger partial charge in [-0.2, -0.15) is 0 Å². The van der Waals surface area contributed by atoms with E-state index in [1.807, 2.05) is 0 Å². The van der Waals surface area contributed by atoms with E-state index in [9.17, 15) is 0 Å². The number of likely N-dealkylation sites (tertiary alicyclic amines) is 1. The topological polar surface area (TPSA) is 15.3 Å². The van der Waals surface area contributed by atoms with Gasteiger partial charge in [0.1, 0.15) is 0 Å². The molecule has 2 unspecified atom stereocenters. The summed E-state index contributed by atoms with van der Waals surface area (Å²) in [5.74, 6) is 0.741. The quantitative estimate of drug-likeness (QED) is 0.818. The zero-order chi connectivity index (χ0) is 9.84. The van der Waals surface area contributed by atoms with E-state index in [0.717, 1.165) is 16.9 Å². The van der Waals surface area contributed by atoms with Crippen LogP contribution in [0, 0.1) is 5.92 Å². The summed E-state index contributed by atoms with van der Waals surface area (Å²) in [6.45, 7) is 9.53. The zero-order valence-electron chi connectivity index (χ0n) is 8.52. The van der Waals surface area contributed by atoms with Gasteiger partial charge in [-0.25, -0.2) is 0 Å². The lowest BCUT2D eigenvalue weighted by Crippen LogP contribution is -2.47. The van der Waals surface area contributed by atoms with Crippen LogP contribution < -0.4 is 5.32 Å². The van der Waals surface area contributed by atoms with Crippen LogP contribution in [0.1, 0.15) is 13.3 Å². The van der Waals surface area contributed by atoms with Crippen molar-refractivity contribution < 1.29 is 0 Å². The molecule has 3 heteroatoms. The fraction of sp³-hybridized carbons (Fsp3) is 0.800. The first-order valence-corrected chi connectivity index (χ1v) is 5.65. The zero-order valence-corrected chi connectivity index (χ0v) is 10.1. The molecule has 76 valence electrons. The molecule has 0 amide bonds. The summed E-state index contributed by atoms with van der Waals surface area (Å²) >= 11 is 3.41. The van der Waals surface area contributed by atoms with Crippen LogP contribution in [0.25, 0.3) is 0 Å². The molecule has 1 saturated heterocycles. The molecular formula is C10H19BrN2. The fourth-order valence-corrected chi connectivity index (χ4v) is 2.40. The van der Waals surface area contributed by atoms with Gasteiger partial charge in [0.2, 0.25) is 0 Å². The number of hydrogen-bond donors (Lipinski definition) is 1. The van der Waals surface area contributed by atoms with Crippen molar-refractivity contribution in [2.75, 3.05) is 26.7 Å². The summed E-state index contributed by atoms with van der Waals surface area (Å²) < 4.78 is 1.09. The van der Waals surface area contributed by atoms with E-state index < -0.39 is 0 Å².